The summed E-state index contributed by atoms with van der Waals surface area (Å²) in [7, 11) is 5.11. The number of azo groups is 1. The van der Waals surface area contributed by atoms with Crippen LogP contribution >= 0.6 is 0 Å². The Kier molecular flexibility index (Phi) is 8.89. The number of methoxy groups -OCH3 is 1. The van der Waals surface area contributed by atoms with E-state index < -0.39 is 29.6 Å². The molecule has 2 aromatic rings. The molecule has 2 amide bonds. The van der Waals surface area contributed by atoms with Crippen molar-refractivity contribution in [2.45, 2.75) is 45.8 Å². The highest BCUT2D eigenvalue weighted by molar-refractivity contribution is 5.97. The van der Waals surface area contributed by atoms with Crippen LogP contribution in [0.25, 0.3) is 0 Å². The number of benzene rings is 2. The Labute approximate surface area is 200 Å². The van der Waals surface area contributed by atoms with E-state index in [9.17, 15) is 14.4 Å². The maximum Gasteiger partial charge on any atom is 0.417 e. The van der Waals surface area contributed by atoms with Gasteiger partial charge in [-0.1, -0.05) is 12.1 Å². The van der Waals surface area contributed by atoms with E-state index in [2.05, 4.69) is 10.2 Å². The monoisotopic (exact) mass is 468 g/mol. The first-order valence-corrected chi connectivity index (χ1v) is 10.8. The van der Waals surface area contributed by atoms with Gasteiger partial charge in [0.05, 0.1) is 24.9 Å². The van der Waals surface area contributed by atoms with Gasteiger partial charge in [-0.05, 0) is 69.7 Å². The molecule has 0 heterocycles. The van der Waals surface area contributed by atoms with Gasteiger partial charge in [0.25, 0.3) is 0 Å². The summed E-state index contributed by atoms with van der Waals surface area (Å²) in [6, 6.07) is 13.4. The number of anilines is 1. The molecule has 0 spiro atoms. The van der Waals surface area contributed by atoms with Crippen molar-refractivity contribution in [3.05, 3.63) is 54.1 Å². The third kappa shape index (κ3) is 7.68. The Balaban J connectivity index is 2.20. The van der Waals surface area contributed by atoms with Crippen LogP contribution in [0.3, 0.4) is 0 Å². The predicted octanol–water partition coefficient (Wildman–Crippen LogP) is 5.04. The lowest BCUT2D eigenvalue weighted by Crippen LogP contribution is -2.50. The van der Waals surface area contributed by atoms with Crippen LogP contribution in [0.2, 0.25) is 0 Å². The van der Waals surface area contributed by atoms with Gasteiger partial charge in [-0.3, -0.25) is 4.79 Å². The second kappa shape index (κ2) is 11.4. The highest BCUT2D eigenvalue weighted by Gasteiger charge is 2.35. The summed E-state index contributed by atoms with van der Waals surface area (Å²) < 4.78 is 10.0. The molecule has 0 radical (unpaired) electrons. The average Bonchev–Trinajstić information content (AvgIpc) is 2.76. The number of nitrogens with zero attached hydrogens (tertiary/aromatic N) is 4. The molecule has 182 valence electrons. The fourth-order valence-corrected chi connectivity index (χ4v) is 2.98. The maximum absolute atomic E-state index is 13.0. The molecule has 0 aliphatic carbocycles. The topological polar surface area (TPSA) is 101 Å². The van der Waals surface area contributed by atoms with Crippen LogP contribution in [-0.2, 0) is 25.5 Å². The van der Waals surface area contributed by atoms with E-state index in [1.54, 1.807) is 45.0 Å². The quantitative estimate of drug-likeness (QED) is 0.417. The average molecular weight is 469 g/mol. The minimum Gasteiger partial charge on any atom is -0.467 e. The van der Waals surface area contributed by atoms with Crippen molar-refractivity contribution < 1.29 is 23.9 Å². The molecule has 0 fully saturated rings. The third-order valence-electron chi connectivity index (χ3n) is 4.70. The van der Waals surface area contributed by atoms with E-state index in [1.165, 1.54) is 14.0 Å². The molecule has 0 N–H and O–H groups in total. The summed E-state index contributed by atoms with van der Waals surface area (Å²) in [4.78, 5) is 40.6. The zero-order valence-electron chi connectivity index (χ0n) is 20.7. The lowest BCUT2D eigenvalue weighted by molar-refractivity contribution is -0.151. The molecule has 0 saturated carbocycles. The van der Waals surface area contributed by atoms with Crippen molar-refractivity contribution in [2.24, 2.45) is 10.2 Å². The van der Waals surface area contributed by atoms with E-state index in [0.29, 0.717) is 16.9 Å². The molecule has 2 aromatic carbocycles. The largest absolute Gasteiger partial charge is 0.467 e. The molecule has 1 unspecified atom stereocenters. The van der Waals surface area contributed by atoms with Gasteiger partial charge in [0.15, 0.2) is 0 Å². The Hall–Kier alpha value is -3.75. The summed E-state index contributed by atoms with van der Waals surface area (Å²) in [6.07, 6.45) is -1.05. The Morgan fingerprint density at radius 2 is 1.59 bits per heavy atom. The zero-order valence-corrected chi connectivity index (χ0v) is 20.7. The molecular formula is C25H32N4O5. The minimum absolute atomic E-state index is 0.137. The molecule has 1 atom stereocenters. The molecule has 0 saturated heterocycles. The van der Waals surface area contributed by atoms with Crippen molar-refractivity contribution in [3.8, 4) is 0 Å². The van der Waals surface area contributed by atoms with Gasteiger partial charge in [0.1, 0.15) is 11.6 Å². The molecule has 0 bridgehead atoms. The van der Waals surface area contributed by atoms with Crippen LogP contribution in [0.1, 0.15) is 33.3 Å². The van der Waals surface area contributed by atoms with Crippen LogP contribution in [0.15, 0.2) is 58.8 Å². The Morgan fingerprint density at radius 1 is 0.971 bits per heavy atom. The molecule has 0 aromatic heterocycles. The highest BCUT2D eigenvalue weighted by atomic mass is 16.6. The molecule has 2 rings (SSSR count). The summed E-state index contributed by atoms with van der Waals surface area (Å²) in [5, 5.41) is 8.48. The predicted molar refractivity (Wildman–Crippen MR) is 130 cm³/mol. The van der Waals surface area contributed by atoms with Crippen LogP contribution in [-0.4, -0.2) is 55.7 Å². The maximum atomic E-state index is 13.0. The molecular weight excluding hydrogens is 436 g/mol. The second-order valence-corrected chi connectivity index (χ2v) is 8.90. The smallest absolute Gasteiger partial charge is 0.417 e. The fourth-order valence-electron chi connectivity index (χ4n) is 2.98. The Bertz CT molecular complexity index is 1040. The minimum atomic E-state index is -1.14. The number of hydrogen-bond donors (Lipinski definition) is 0. The van der Waals surface area contributed by atoms with E-state index in [0.717, 1.165) is 10.6 Å². The van der Waals surface area contributed by atoms with Crippen LogP contribution in [0.5, 0.6) is 0 Å². The van der Waals surface area contributed by atoms with Crippen molar-refractivity contribution in [3.63, 3.8) is 0 Å². The van der Waals surface area contributed by atoms with Gasteiger partial charge >= 0.3 is 12.1 Å². The normalized spacial score (nSPS) is 12.2. The van der Waals surface area contributed by atoms with Crippen LogP contribution < -0.4 is 4.90 Å². The molecule has 34 heavy (non-hydrogen) atoms. The van der Waals surface area contributed by atoms with Crippen molar-refractivity contribution >= 4 is 35.0 Å². The van der Waals surface area contributed by atoms with Gasteiger partial charge in [-0.25, -0.2) is 14.5 Å². The van der Waals surface area contributed by atoms with Crippen molar-refractivity contribution in [1.82, 2.24) is 4.90 Å². The standard InChI is InChI=1S/C25H32N4O5/c1-17(23(31)33-7)29(24(32)34-25(2,3)4)22(30)16-18-9-8-10-20(15-18)27-26-19-11-13-21(14-12-19)28(5)6/h8-15,17H,16H2,1-7H3. The van der Waals surface area contributed by atoms with Gasteiger partial charge in [-0.2, -0.15) is 10.2 Å². The van der Waals surface area contributed by atoms with Gasteiger partial charge < -0.3 is 14.4 Å². The number of imide groups is 1. The van der Waals surface area contributed by atoms with Crippen LogP contribution in [0, 0.1) is 0 Å². The van der Waals surface area contributed by atoms with Gasteiger partial charge in [-0.15, -0.1) is 0 Å². The number of ether oxygens (including phenoxy) is 2. The third-order valence-corrected chi connectivity index (χ3v) is 4.70. The van der Waals surface area contributed by atoms with E-state index >= 15 is 0 Å². The van der Waals surface area contributed by atoms with Gasteiger partial charge in [0, 0.05) is 19.8 Å². The first kappa shape index (κ1) is 26.5. The second-order valence-electron chi connectivity index (χ2n) is 8.90. The summed E-state index contributed by atoms with van der Waals surface area (Å²) in [6.45, 7) is 6.45. The first-order chi connectivity index (χ1) is 15.9. The number of amides is 2. The van der Waals surface area contributed by atoms with E-state index in [4.69, 9.17) is 9.47 Å². The summed E-state index contributed by atoms with van der Waals surface area (Å²) >= 11 is 0. The lowest BCUT2D eigenvalue weighted by atomic mass is 10.1. The SMILES string of the molecule is COC(=O)C(C)N(C(=O)Cc1cccc(N=Nc2ccc(N(C)C)cc2)c1)C(=O)OC(C)(C)C. The molecule has 0 aliphatic heterocycles. The first-order valence-electron chi connectivity index (χ1n) is 10.8. The molecule has 9 heteroatoms. The number of esters is 1. The van der Waals surface area contributed by atoms with E-state index in [-0.39, 0.29) is 6.42 Å². The summed E-state index contributed by atoms with van der Waals surface area (Å²) in [5.74, 6) is -1.32. The zero-order chi connectivity index (χ0) is 25.5. The fraction of sp³-hybridized carbons (Fsp3) is 0.400. The number of carbonyl (C=O) groups is 3. The lowest BCUT2D eigenvalue weighted by Gasteiger charge is -2.29. The number of carbonyl (C=O) groups excluding carboxylic acids is 3. The van der Waals surface area contributed by atoms with Gasteiger partial charge in [0.2, 0.25) is 5.91 Å². The van der Waals surface area contributed by atoms with E-state index in [1.807, 2.05) is 43.3 Å². The van der Waals surface area contributed by atoms with Crippen LogP contribution in [0.4, 0.5) is 21.9 Å². The number of rotatable bonds is 7. The van der Waals surface area contributed by atoms with Crippen molar-refractivity contribution in [1.29, 1.82) is 0 Å². The van der Waals surface area contributed by atoms with Crippen molar-refractivity contribution in [2.75, 3.05) is 26.1 Å². The Morgan fingerprint density at radius 3 is 2.15 bits per heavy atom. The summed E-state index contributed by atoms with van der Waals surface area (Å²) in [5.41, 5.74) is 2.06. The molecule has 0 aliphatic rings. The number of hydrogen-bond acceptors (Lipinski definition) is 8. The molecule has 9 nitrogen and oxygen atoms in total. The highest BCUT2D eigenvalue weighted by Crippen LogP contribution is 2.23.